The number of ketones is 1. The number of Topliss-reactive ketones (excluding diaryl/α,β-unsaturated/α-hetero) is 1. The second-order valence-corrected chi connectivity index (χ2v) is 10.4. The Morgan fingerprint density at radius 3 is 2.87 bits per heavy atom. The largest absolute Gasteiger partial charge is 0.496 e. The number of nitriles is 1. The number of ether oxygens (including phenoxy) is 1. The number of aliphatic hydroxyl groups is 1. The number of halogens is 1. The molecule has 9 nitrogen and oxygen atoms in total. The summed E-state index contributed by atoms with van der Waals surface area (Å²) in [6, 6.07) is 9.59. The van der Waals surface area contributed by atoms with Gasteiger partial charge >= 0.3 is 0 Å². The fourth-order valence-electron chi connectivity index (χ4n) is 4.92. The van der Waals surface area contributed by atoms with Gasteiger partial charge in [0, 0.05) is 25.2 Å². The number of nitrogens with zero attached hydrogens (tertiary/aromatic N) is 5. The molecule has 0 saturated carbocycles. The summed E-state index contributed by atoms with van der Waals surface area (Å²) in [5.41, 5.74) is 8.35. The number of fused-ring (bicyclic) bond motifs is 1. The fraction of sp³-hybridized carbons (Fsp3) is 0.296. The number of anilines is 1. The van der Waals surface area contributed by atoms with Gasteiger partial charge in [-0.25, -0.2) is 19.3 Å². The van der Waals surface area contributed by atoms with Crippen LogP contribution in [0.15, 0.2) is 36.5 Å². The number of aryl methyl sites for hydroxylation is 1. The molecule has 0 spiro atoms. The Bertz CT molecular complexity index is 1580. The van der Waals surface area contributed by atoms with Gasteiger partial charge in [-0.1, -0.05) is 6.07 Å². The molecule has 11 heteroatoms. The van der Waals surface area contributed by atoms with Gasteiger partial charge in [-0.2, -0.15) is 5.26 Å². The van der Waals surface area contributed by atoms with E-state index in [1.807, 2.05) is 24.0 Å². The predicted molar refractivity (Wildman–Crippen MR) is 142 cm³/mol. The molecule has 5 rings (SSSR count). The molecule has 0 bridgehead atoms. The average molecular weight is 533 g/mol. The zero-order valence-electron chi connectivity index (χ0n) is 20.8. The third-order valence-electron chi connectivity index (χ3n) is 6.63. The van der Waals surface area contributed by atoms with Crippen LogP contribution in [0.3, 0.4) is 0 Å². The van der Waals surface area contributed by atoms with Crippen molar-refractivity contribution in [3.8, 4) is 23.2 Å². The molecular formula is C27H25FN6O3S. The van der Waals surface area contributed by atoms with E-state index in [4.69, 9.17) is 15.5 Å². The molecule has 0 radical (unpaired) electrons. The molecule has 0 aliphatic carbocycles. The molecular weight excluding hydrogens is 507 g/mol. The number of nitrogens with two attached hydrogens (primary N) is 1. The zero-order chi connectivity index (χ0) is 27.0. The van der Waals surface area contributed by atoms with Crippen LogP contribution in [-0.4, -0.2) is 58.2 Å². The SMILES string of the molecule is COc1ccc(C#N)c(F)c1-c1nccc(C(=O)Cc2ccc3sc(C)nc3c2N2C[C@H](N)C[C@H]2CO)n1. The summed E-state index contributed by atoms with van der Waals surface area (Å²) in [5.74, 6) is -1.03. The van der Waals surface area contributed by atoms with Crippen LogP contribution in [0.2, 0.25) is 0 Å². The van der Waals surface area contributed by atoms with Crippen LogP contribution in [0.25, 0.3) is 21.6 Å². The molecule has 2 aromatic heterocycles. The highest BCUT2D eigenvalue weighted by Gasteiger charge is 2.33. The number of benzene rings is 2. The first-order valence-corrected chi connectivity index (χ1v) is 12.8. The summed E-state index contributed by atoms with van der Waals surface area (Å²) in [6.45, 7) is 2.40. The summed E-state index contributed by atoms with van der Waals surface area (Å²) in [7, 11) is 1.38. The van der Waals surface area contributed by atoms with E-state index in [2.05, 4.69) is 9.97 Å². The summed E-state index contributed by atoms with van der Waals surface area (Å²) in [5, 5.41) is 20.2. The molecule has 1 fully saturated rings. The maximum absolute atomic E-state index is 15.1. The van der Waals surface area contributed by atoms with Crippen LogP contribution in [0.4, 0.5) is 10.1 Å². The molecule has 3 heterocycles. The standard InChI is InChI=1S/C27H25FN6O3S/c1-14-32-25-22(38-14)6-4-15(26(25)34-12-17(30)10-18(34)13-35)9-20(36)19-7-8-31-27(33-19)23-21(37-2)5-3-16(11-29)24(23)28/h3-8,17-18,35H,9-10,12-13,30H2,1-2H3/t17-,18+/m1/s1. The smallest absolute Gasteiger partial charge is 0.185 e. The van der Waals surface area contributed by atoms with Gasteiger partial charge in [-0.3, -0.25) is 4.79 Å². The van der Waals surface area contributed by atoms with Crippen molar-refractivity contribution in [1.29, 1.82) is 5.26 Å². The molecule has 1 aliphatic rings. The van der Waals surface area contributed by atoms with Crippen LogP contribution < -0.4 is 15.4 Å². The van der Waals surface area contributed by atoms with E-state index < -0.39 is 5.82 Å². The number of carbonyl (C=O) groups excluding carboxylic acids is 1. The molecule has 0 unspecified atom stereocenters. The number of hydrogen-bond acceptors (Lipinski definition) is 10. The summed E-state index contributed by atoms with van der Waals surface area (Å²) in [4.78, 5) is 28.8. The fourth-order valence-corrected chi connectivity index (χ4v) is 5.75. The van der Waals surface area contributed by atoms with Gasteiger partial charge in [0.1, 0.15) is 23.0 Å². The zero-order valence-corrected chi connectivity index (χ0v) is 21.6. The molecule has 2 atom stereocenters. The molecule has 2 aromatic carbocycles. The highest BCUT2D eigenvalue weighted by molar-refractivity contribution is 7.18. The van der Waals surface area contributed by atoms with Crippen molar-refractivity contribution in [1.82, 2.24) is 15.0 Å². The van der Waals surface area contributed by atoms with Crippen molar-refractivity contribution in [2.75, 3.05) is 25.2 Å². The van der Waals surface area contributed by atoms with Crippen LogP contribution in [-0.2, 0) is 6.42 Å². The number of rotatable bonds is 7. The number of methoxy groups -OCH3 is 1. The van der Waals surface area contributed by atoms with Gasteiger partial charge in [-0.05, 0) is 43.2 Å². The first-order chi connectivity index (χ1) is 18.3. The first kappa shape index (κ1) is 25.7. The lowest BCUT2D eigenvalue weighted by Crippen LogP contribution is -2.34. The minimum Gasteiger partial charge on any atom is -0.496 e. The van der Waals surface area contributed by atoms with Crippen molar-refractivity contribution in [2.45, 2.75) is 31.8 Å². The molecule has 194 valence electrons. The van der Waals surface area contributed by atoms with E-state index in [9.17, 15) is 15.2 Å². The van der Waals surface area contributed by atoms with Crippen LogP contribution in [0.1, 0.15) is 33.0 Å². The lowest BCUT2D eigenvalue weighted by molar-refractivity contribution is 0.0988. The van der Waals surface area contributed by atoms with Gasteiger partial charge in [0.05, 0.1) is 46.3 Å². The van der Waals surface area contributed by atoms with Crippen molar-refractivity contribution < 1.29 is 19.0 Å². The molecule has 4 aromatic rings. The van der Waals surface area contributed by atoms with Crippen molar-refractivity contribution in [3.63, 3.8) is 0 Å². The molecule has 3 N–H and O–H groups in total. The normalized spacial score (nSPS) is 17.1. The third-order valence-corrected chi connectivity index (χ3v) is 7.57. The summed E-state index contributed by atoms with van der Waals surface area (Å²) < 4.78 is 21.3. The van der Waals surface area contributed by atoms with E-state index in [1.165, 1.54) is 31.5 Å². The van der Waals surface area contributed by atoms with Crippen molar-refractivity contribution >= 4 is 33.0 Å². The van der Waals surface area contributed by atoms with E-state index in [0.29, 0.717) is 13.0 Å². The Morgan fingerprint density at radius 2 is 2.13 bits per heavy atom. The highest BCUT2D eigenvalue weighted by atomic mass is 32.1. The van der Waals surface area contributed by atoms with Gasteiger partial charge in [0.2, 0.25) is 0 Å². The van der Waals surface area contributed by atoms with E-state index in [0.717, 1.165) is 26.5 Å². The minimum atomic E-state index is -0.816. The van der Waals surface area contributed by atoms with Crippen LogP contribution in [0, 0.1) is 24.1 Å². The molecule has 1 saturated heterocycles. The lowest BCUT2D eigenvalue weighted by atomic mass is 10.0. The maximum Gasteiger partial charge on any atom is 0.185 e. The molecule has 1 aliphatic heterocycles. The number of aliphatic hydroxyl groups excluding tert-OH is 1. The quantitative estimate of drug-likeness (QED) is 0.343. The number of carbonyl (C=O) groups is 1. The number of hydrogen-bond donors (Lipinski definition) is 2. The van der Waals surface area contributed by atoms with Crippen LogP contribution in [0.5, 0.6) is 5.75 Å². The van der Waals surface area contributed by atoms with Gasteiger partial charge in [0.25, 0.3) is 0 Å². The molecule has 0 amide bonds. The van der Waals surface area contributed by atoms with Gasteiger partial charge in [-0.15, -0.1) is 11.3 Å². The summed E-state index contributed by atoms with van der Waals surface area (Å²) in [6.07, 6.45) is 2.01. The van der Waals surface area contributed by atoms with Crippen molar-refractivity contribution in [2.24, 2.45) is 5.73 Å². The second-order valence-electron chi connectivity index (χ2n) is 9.12. The Morgan fingerprint density at radius 1 is 1.32 bits per heavy atom. The Labute approximate surface area is 222 Å². The van der Waals surface area contributed by atoms with Gasteiger partial charge < -0.3 is 20.5 Å². The Hall–Kier alpha value is -3.98. The summed E-state index contributed by atoms with van der Waals surface area (Å²) >= 11 is 1.56. The number of aromatic nitrogens is 3. The number of thiazole rings is 1. The maximum atomic E-state index is 15.1. The second kappa shape index (κ2) is 10.4. The topological polar surface area (TPSA) is 138 Å². The predicted octanol–water partition coefficient (Wildman–Crippen LogP) is 3.40. The minimum absolute atomic E-state index is 0.0000396. The Kier molecular flexibility index (Phi) is 7.03. The van der Waals surface area contributed by atoms with Crippen LogP contribution >= 0.6 is 11.3 Å². The molecule has 38 heavy (non-hydrogen) atoms. The highest BCUT2D eigenvalue weighted by Crippen LogP contribution is 2.38. The van der Waals surface area contributed by atoms with E-state index >= 15 is 4.39 Å². The first-order valence-electron chi connectivity index (χ1n) is 12.0. The lowest BCUT2D eigenvalue weighted by Gasteiger charge is -2.28. The monoisotopic (exact) mass is 532 g/mol. The third kappa shape index (κ3) is 4.58. The Balaban J connectivity index is 1.55. The van der Waals surface area contributed by atoms with E-state index in [1.54, 1.807) is 17.4 Å². The van der Waals surface area contributed by atoms with Crippen molar-refractivity contribution in [3.05, 3.63) is 64.2 Å². The van der Waals surface area contributed by atoms with Gasteiger partial charge in [0.15, 0.2) is 17.4 Å². The van der Waals surface area contributed by atoms with E-state index in [-0.39, 0.29) is 59.3 Å². The average Bonchev–Trinajstić information content (AvgIpc) is 3.49.